The molecule has 4 aliphatic rings. The van der Waals surface area contributed by atoms with E-state index in [-0.39, 0.29) is 42.7 Å². The summed E-state index contributed by atoms with van der Waals surface area (Å²) in [5, 5.41) is 8.82. The zero-order valence-electron chi connectivity index (χ0n) is 28.7. The fraction of sp³-hybridized carbons (Fsp3) is 0.639. The van der Waals surface area contributed by atoms with Gasteiger partial charge in [-0.1, -0.05) is 55.3 Å². The van der Waals surface area contributed by atoms with Crippen LogP contribution in [0.4, 0.5) is 4.79 Å². The largest absolute Gasteiger partial charge is 0.444 e. The number of ether oxygens (including phenoxy) is 2. The summed E-state index contributed by atoms with van der Waals surface area (Å²) in [4.78, 5) is 71.8. The van der Waals surface area contributed by atoms with E-state index in [1.54, 1.807) is 32.8 Å². The molecule has 5 rings (SSSR count). The van der Waals surface area contributed by atoms with Gasteiger partial charge in [0.15, 0.2) is 0 Å². The van der Waals surface area contributed by atoms with E-state index in [1.807, 2.05) is 36.4 Å². The molecule has 6 atom stereocenters. The van der Waals surface area contributed by atoms with Crippen LogP contribution in [0.1, 0.15) is 84.1 Å². The van der Waals surface area contributed by atoms with Gasteiger partial charge >= 0.3 is 6.09 Å². The highest BCUT2D eigenvalue weighted by Crippen LogP contribution is 2.47. The Morgan fingerprint density at radius 3 is 2.54 bits per heavy atom. The summed E-state index contributed by atoms with van der Waals surface area (Å²) in [6, 6.07) is 7.21. The molecular formula is C36H51N5O7. The van der Waals surface area contributed by atoms with Crippen molar-refractivity contribution in [2.45, 2.75) is 120 Å². The first-order valence-corrected chi connectivity index (χ1v) is 17.4. The minimum atomic E-state index is -1.20. The number of nitrogens with one attached hydrogen (secondary N) is 3. The Morgan fingerprint density at radius 1 is 1.04 bits per heavy atom. The second kappa shape index (κ2) is 15.1. The third-order valence-electron chi connectivity index (χ3n) is 9.77. The fourth-order valence-corrected chi connectivity index (χ4v) is 7.12. The number of likely N-dealkylation sites (tertiary alicyclic amines) is 1. The quantitative estimate of drug-likeness (QED) is 0.396. The number of methoxy groups -OCH3 is 1. The molecule has 3 heterocycles. The van der Waals surface area contributed by atoms with E-state index in [2.05, 4.69) is 22.0 Å². The third-order valence-corrected chi connectivity index (χ3v) is 9.77. The maximum absolute atomic E-state index is 14.4. The number of benzene rings is 1. The lowest BCUT2D eigenvalue weighted by Crippen LogP contribution is -2.59. The summed E-state index contributed by atoms with van der Waals surface area (Å²) in [7, 11) is 1.54. The molecule has 12 nitrogen and oxygen atoms in total. The average Bonchev–Trinajstić information content (AvgIpc) is 3.36. The highest BCUT2D eigenvalue weighted by Gasteiger charge is 2.63. The van der Waals surface area contributed by atoms with E-state index >= 15 is 0 Å². The maximum atomic E-state index is 14.4. The van der Waals surface area contributed by atoms with Crippen molar-refractivity contribution >= 4 is 29.7 Å². The molecule has 0 aromatic heterocycles. The van der Waals surface area contributed by atoms with Crippen LogP contribution in [0.5, 0.6) is 0 Å². The number of rotatable bonds is 6. The predicted octanol–water partition coefficient (Wildman–Crippen LogP) is 3.20. The van der Waals surface area contributed by atoms with Crippen LogP contribution in [0.2, 0.25) is 0 Å². The van der Waals surface area contributed by atoms with Gasteiger partial charge in [0, 0.05) is 39.1 Å². The Bertz CT molecular complexity index is 1380. The molecule has 0 bridgehead atoms. The lowest BCUT2D eigenvalue weighted by atomic mass is 10.0. The monoisotopic (exact) mass is 665 g/mol. The molecule has 1 saturated carbocycles. The van der Waals surface area contributed by atoms with E-state index in [1.165, 1.54) is 4.90 Å². The molecule has 3 N–H and O–H groups in total. The van der Waals surface area contributed by atoms with Crippen LogP contribution in [-0.2, 0) is 35.2 Å². The summed E-state index contributed by atoms with van der Waals surface area (Å²) in [6.07, 6.45) is 8.50. The Labute approximate surface area is 283 Å². The molecule has 1 aliphatic carbocycles. The van der Waals surface area contributed by atoms with E-state index in [0.717, 1.165) is 24.8 Å². The Balaban J connectivity index is 1.36. The fourth-order valence-electron chi connectivity index (χ4n) is 7.12. The van der Waals surface area contributed by atoms with Crippen LogP contribution < -0.4 is 16.0 Å². The van der Waals surface area contributed by atoms with Crippen molar-refractivity contribution in [3.8, 4) is 0 Å². The SMILES string of the molecule is CO[C@@H]1C[C@H]2C(=O)N[C@]3(C(=O)N4CCC[C@H]4C(=O)NCc4ccccc4)C[C@@H]3/C=C\CCCCC[C@H](NC(=O)OC(C)(C)C)C(=O)N2C1. The van der Waals surface area contributed by atoms with Crippen molar-refractivity contribution in [2.24, 2.45) is 5.92 Å². The Morgan fingerprint density at radius 2 is 1.81 bits per heavy atom. The summed E-state index contributed by atoms with van der Waals surface area (Å²) in [6.45, 7) is 6.24. The molecule has 0 unspecified atom stereocenters. The van der Waals surface area contributed by atoms with E-state index in [9.17, 15) is 24.0 Å². The van der Waals surface area contributed by atoms with Crippen LogP contribution in [0.15, 0.2) is 42.5 Å². The molecule has 1 aromatic carbocycles. The number of amides is 5. The summed E-state index contributed by atoms with van der Waals surface area (Å²) in [5.41, 5.74) is -0.977. The molecule has 48 heavy (non-hydrogen) atoms. The van der Waals surface area contributed by atoms with Gasteiger partial charge in [0.1, 0.15) is 29.3 Å². The van der Waals surface area contributed by atoms with Gasteiger partial charge in [0.25, 0.3) is 0 Å². The Hall–Kier alpha value is -3.93. The first-order valence-electron chi connectivity index (χ1n) is 17.4. The molecule has 3 aliphatic heterocycles. The molecule has 5 amide bonds. The van der Waals surface area contributed by atoms with Crippen molar-refractivity contribution in [2.75, 3.05) is 20.2 Å². The first-order chi connectivity index (χ1) is 22.9. The summed E-state index contributed by atoms with van der Waals surface area (Å²) >= 11 is 0. The number of alkyl carbamates (subject to hydrolysis) is 1. The highest BCUT2D eigenvalue weighted by molar-refractivity contribution is 6.00. The van der Waals surface area contributed by atoms with Gasteiger partial charge < -0.3 is 35.2 Å². The van der Waals surface area contributed by atoms with Crippen LogP contribution >= 0.6 is 0 Å². The molecule has 0 spiro atoms. The number of carbonyl (C=O) groups excluding carboxylic acids is 5. The van der Waals surface area contributed by atoms with Gasteiger partial charge in [-0.2, -0.15) is 0 Å². The van der Waals surface area contributed by atoms with Crippen molar-refractivity contribution in [3.05, 3.63) is 48.0 Å². The van der Waals surface area contributed by atoms with Crippen LogP contribution in [0.3, 0.4) is 0 Å². The topological polar surface area (TPSA) is 146 Å². The molecule has 1 aromatic rings. The van der Waals surface area contributed by atoms with Crippen molar-refractivity contribution in [1.82, 2.24) is 25.8 Å². The minimum Gasteiger partial charge on any atom is -0.444 e. The van der Waals surface area contributed by atoms with Crippen LogP contribution in [0.25, 0.3) is 0 Å². The number of hydrogen-bond acceptors (Lipinski definition) is 7. The molecule has 12 heteroatoms. The smallest absolute Gasteiger partial charge is 0.408 e. The van der Waals surface area contributed by atoms with E-state index in [4.69, 9.17) is 9.47 Å². The predicted molar refractivity (Wildman–Crippen MR) is 178 cm³/mol. The molecule has 3 fully saturated rings. The summed E-state index contributed by atoms with van der Waals surface area (Å²) in [5.74, 6) is -1.52. The normalized spacial score (nSPS) is 30.2. The van der Waals surface area contributed by atoms with E-state index < -0.39 is 41.3 Å². The third kappa shape index (κ3) is 8.37. The molecule has 262 valence electrons. The molecule has 2 saturated heterocycles. The number of fused-ring (bicyclic) bond motifs is 2. The number of hydrogen-bond donors (Lipinski definition) is 3. The standard InChI is InChI=1S/C36H51N5O7/c1-35(2,3)48-34(46)38-27-17-12-7-5-6-11-16-25-21-36(25,39-31(43)29-20-26(47-4)23-41(29)32(27)44)33(45)40-19-13-18-28(40)30(42)37-22-24-14-9-8-10-15-24/h8-11,14-16,25-29H,5-7,12-13,17-23H2,1-4H3,(H,37,42)(H,38,46)(H,39,43)/b16-11-/t25-,26+,27-,28-,29-,36+/m0/s1. The molecular weight excluding hydrogens is 614 g/mol. The first kappa shape index (κ1) is 35.4. The van der Waals surface area contributed by atoms with E-state index in [0.29, 0.717) is 45.2 Å². The van der Waals surface area contributed by atoms with Gasteiger partial charge in [0.2, 0.25) is 23.6 Å². The second-order valence-corrected chi connectivity index (χ2v) is 14.5. The summed E-state index contributed by atoms with van der Waals surface area (Å²) < 4.78 is 11.1. The van der Waals surface area contributed by atoms with Crippen LogP contribution in [-0.4, -0.2) is 95.1 Å². The Kier molecular flexibility index (Phi) is 11.1. The lowest BCUT2D eigenvalue weighted by molar-refractivity contribution is -0.145. The van der Waals surface area contributed by atoms with Crippen LogP contribution in [0, 0.1) is 5.92 Å². The second-order valence-electron chi connectivity index (χ2n) is 14.5. The van der Waals surface area contributed by atoms with Gasteiger partial charge in [-0.15, -0.1) is 0 Å². The highest BCUT2D eigenvalue weighted by atomic mass is 16.6. The zero-order chi connectivity index (χ0) is 34.5. The van der Waals surface area contributed by atoms with Gasteiger partial charge in [-0.05, 0) is 64.9 Å². The number of nitrogens with zero attached hydrogens (tertiary/aromatic N) is 2. The molecule has 0 radical (unpaired) electrons. The average molecular weight is 666 g/mol. The van der Waals surface area contributed by atoms with Gasteiger partial charge in [-0.3, -0.25) is 19.2 Å². The van der Waals surface area contributed by atoms with Crippen molar-refractivity contribution in [1.29, 1.82) is 0 Å². The number of allylic oxidation sites excluding steroid dienone is 1. The van der Waals surface area contributed by atoms with Gasteiger partial charge in [-0.25, -0.2) is 4.79 Å². The minimum absolute atomic E-state index is 0.181. The zero-order valence-corrected chi connectivity index (χ0v) is 28.7. The lowest BCUT2D eigenvalue weighted by Gasteiger charge is -2.32. The van der Waals surface area contributed by atoms with Crippen molar-refractivity contribution in [3.63, 3.8) is 0 Å². The maximum Gasteiger partial charge on any atom is 0.408 e. The number of carbonyl (C=O) groups is 5. The van der Waals surface area contributed by atoms with Gasteiger partial charge in [0.05, 0.1) is 6.10 Å². The van der Waals surface area contributed by atoms with Crippen molar-refractivity contribution < 1.29 is 33.4 Å².